The van der Waals surface area contributed by atoms with Crippen LogP contribution in [0, 0.1) is 11.8 Å². The number of hydrogen-bond donors (Lipinski definition) is 1. The molecule has 0 aliphatic carbocycles. The molecule has 0 spiro atoms. The zero-order valence-corrected chi connectivity index (χ0v) is 12.2. The van der Waals surface area contributed by atoms with Gasteiger partial charge in [0.2, 0.25) is 0 Å². The highest BCUT2D eigenvalue weighted by molar-refractivity contribution is 5.72. The molecule has 0 amide bonds. The van der Waals surface area contributed by atoms with E-state index < -0.39 is 24.0 Å². The number of hydrogen-bond acceptors (Lipinski definition) is 3. The number of carbonyl (C=O) groups excluding carboxylic acids is 1. The molecule has 1 aromatic carbocycles. The highest BCUT2D eigenvalue weighted by Crippen LogP contribution is 2.31. The molecule has 0 aliphatic heterocycles. The summed E-state index contributed by atoms with van der Waals surface area (Å²) in [5, 5.41) is 9.44. The van der Waals surface area contributed by atoms with E-state index in [1.165, 1.54) is 6.92 Å². The second kappa shape index (κ2) is 7.68. The van der Waals surface area contributed by atoms with Crippen LogP contribution in [0.3, 0.4) is 0 Å². The van der Waals surface area contributed by atoms with Crippen molar-refractivity contribution in [3.05, 3.63) is 35.9 Å². The van der Waals surface area contributed by atoms with Gasteiger partial charge in [-0.05, 0) is 24.3 Å². The summed E-state index contributed by atoms with van der Waals surface area (Å²) in [6.45, 7) is 5.39. The zero-order valence-electron chi connectivity index (χ0n) is 12.2. The molecule has 4 heteroatoms. The lowest BCUT2D eigenvalue weighted by atomic mass is 9.89. The predicted octanol–water partition coefficient (Wildman–Crippen LogP) is 3.43. The molecular weight excluding hydrogens is 256 g/mol. The standard InChI is InChI=1S/C16H22O4/c1-11(2)9-10-14(16(18)19)15(20-12(3)17)13-7-5-4-6-8-13/h4-8,11,14-15H,9-10H2,1-3H3,(H,18,19)/t14-,15-/m0/s1. The summed E-state index contributed by atoms with van der Waals surface area (Å²) in [6.07, 6.45) is 0.534. The fraction of sp³-hybridized carbons (Fsp3) is 0.500. The Morgan fingerprint density at radius 2 is 1.75 bits per heavy atom. The van der Waals surface area contributed by atoms with Crippen LogP contribution >= 0.6 is 0 Å². The van der Waals surface area contributed by atoms with E-state index in [9.17, 15) is 14.7 Å². The van der Waals surface area contributed by atoms with E-state index in [1.807, 2.05) is 32.0 Å². The van der Waals surface area contributed by atoms with Gasteiger partial charge in [0.25, 0.3) is 0 Å². The van der Waals surface area contributed by atoms with Crippen molar-refractivity contribution in [2.75, 3.05) is 0 Å². The average molecular weight is 278 g/mol. The van der Waals surface area contributed by atoms with Crippen LogP contribution in [0.2, 0.25) is 0 Å². The van der Waals surface area contributed by atoms with Crippen LogP contribution in [0.5, 0.6) is 0 Å². The van der Waals surface area contributed by atoms with Crippen molar-refractivity contribution in [2.24, 2.45) is 11.8 Å². The van der Waals surface area contributed by atoms with Crippen molar-refractivity contribution in [3.8, 4) is 0 Å². The SMILES string of the molecule is CC(=O)O[C@@H](c1ccccc1)[C@H](CCC(C)C)C(=O)O. The van der Waals surface area contributed by atoms with Crippen molar-refractivity contribution in [2.45, 2.75) is 39.7 Å². The molecule has 20 heavy (non-hydrogen) atoms. The molecule has 0 heterocycles. The van der Waals surface area contributed by atoms with Gasteiger partial charge in [0.05, 0.1) is 5.92 Å². The summed E-state index contributed by atoms with van der Waals surface area (Å²) in [6, 6.07) is 9.05. The van der Waals surface area contributed by atoms with Crippen molar-refractivity contribution in [1.29, 1.82) is 0 Å². The van der Waals surface area contributed by atoms with Gasteiger partial charge in [0, 0.05) is 6.92 Å². The van der Waals surface area contributed by atoms with Crippen molar-refractivity contribution in [1.82, 2.24) is 0 Å². The summed E-state index contributed by atoms with van der Waals surface area (Å²) in [7, 11) is 0. The van der Waals surface area contributed by atoms with Gasteiger partial charge in [-0.2, -0.15) is 0 Å². The molecule has 110 valence electrons. The predicted molar refractivity (Wildman–Crippen MR) is 76.1 cm³/mol. The van der Waals surface area contributed by atoms with Crippen molar-refractivity contribution in [3.63, 3.8) is 0 Å². The maximum atomic E-state index is 11.5. The molecule has 0 aliphatic rings. The van der Waals surface area contributed by atoms with Gasteiger partial charge in [-0.25, -0.2) is 0 Å². The summed E-state index contributed by atoms with van der Waals surface area (Å²) in [5.41, 5.74) is 0.721. The summed E-state index contributed by atoms with van der Waals surface area (Å²) < 4.78 is 5.27. The summed E-state index contributed by atoms with van der Waals surface area (Å²) in [4.78, 5) is 22.8. The quantitative estimate of drug-likeness (QED) is 0.776. The lowest BCUT2D eigenvalue weighted by Gasteiger charge is -2.24. The second-order valence-corrected chi connectivity index (χ2v) is 5.36. The Kier molecular flexibility index (Phi) is 6.22. The number of ether oxygens (including phenoxy) is 1. The number of carboxylic acid groups (broad SMARTS) is 1. The van der Waals surface area contributed by atoms with Crippen LogP contribution in [0.25, 0.3) is 0 Å². The lowest BCUT2D eigenvalue weighted by Crippen LogP contribution is -2.26. The molecule has 0 saturated carbocycles. The van der Waals surface area contributed by atoms with E-state index >= 15 is 0 Å². The minimum absolute atomic E-state index is 0.408. The second-order valence-electron chi connectivity index (χ2n) is 5.36. The molecule has 1 rings (SSSR count). The fourth-order valence-electron chi connectivity index (χ4n) is 2.12. The molecule has 4 nitrogen and oxygen atoms in total. The summed E-state index contributed by atoms with van der Waals surface area (Å²) >= 11 is 0. The lowest BCUT2D eigenvalue weighted by molar-refractivity contribution is -0.158. The average Bonchev–Trinajstić information content (AvgIpc) is 2.37. The molecular formula is C16H22O4. The molecule has 0 bridgehead atoms. The Morgan fingerprint density at radius 3 is 2.20 bits per heavy atom. The number of aliphatic carboxylic acids is 1. The number of carboxylic acids is 1. The topological polar surface area (TPSA) is 63.6 Å². The Bertz CT molecular complexity index is 439. The van der Waals surface area contributed by atoms with Crippen LogP contribution in [-0.4, -0.2) is 17.0 Å². The van der Waals surface area contributed by atoms with Gasteiger partial charge in [0.15, 0.2) is 0 Å². The third-order valence-corrected chi connectivity index (χ3v) is 3.16. The maximum absolute atomic E-state index is 11.5. The first-order valence-corrected chi connectivity index (χ1v) is 6.86. The normalized spacial score (nSPS) is 13.8. The molecule has 0 aromatic heterocycles. The zero-order chi connectivity index (χ0) is 15.1. The maximum Gasteiger partial charge on any atom is 0.310 e. The Morgan fingerprint density at radius 1 is 1.15 bits per heavy atom. The van der Waals surface area contributed by atoms with Crippen molar-refractivity contribution < 1.29 is 19.4 Å². The first kappa shape index (κ1) is 16.2. The monoisotopic (exact) mass is 278 g/mol. The van der Waals surface area contributed by atoms with Crippen LogP contribution in [0.15, 0.2) is 30.3 Å². The molecule has 2 atom stereocenters. The Labute approximate surface area is 119 Å². The van der Waals surface area contributed by atoms with Crippen LogP contribution < -0.4 is 0 Å². The van der Waals surface area contributed by atoms with Gasteiger partial charge in [-0.15, -0.1) is 0 Å². The largest absolute Gasteiger partial charge is 0.481 e. The molecule has 0 radical (unpaired) electrons. The highest BCUT2D eigenvalue weighted by atomic mass is 16.5. The van der Waals surface area contributed by atoms with Gasteiger partial charge in [-0.1, -0.05) is 44.2 Å². The van der Waals surface area contributed by atoms with E-state index in [1.54, 1.807) is 12.1 Å². The van der Waals surface area contributed by atoms with Crippen LogP contribution in [-0.2, 0) is 14.3 Å². The van der Waals surface area contributed by atoms with Crippen molar-refractivity contribution >= 4 is 11.9 Å². The van der Waals surface area contributed by atoms with E-state index in [2.05, 4.69) is 0 Å². The van der Waals surface area contributed by atoms with Crippen LogP contribution in [0.4, 0.5) is 0 Å². The Hall–Kier alpha value is -1.84. The smallest absolute Gasteiger partial charge is 0.310 e. The third kappa shape index (κ3) is 5.03. The fourth-order valence-corrected chi connectivity index (χ4v) is 2.12. The first-order valence-electron chi connectivity index (χ1n) is 6.86. The van der Waals surface area contributed by atoms with E-state index in [0.717, 1.165) is 12.0 Å². The Balaban J connectivity index is 2.99. The number of esters is 1. The number of carbonyl (C=O) groups is 2. The van der Waals surface area contributed by atoms with E-state index in [0.29, 0.717) is 12.3 Å². The van der Waals surface area contributed by atoms with Gasteiger partial charge < -0.3 is 9.84 Å². The first-order chi connectivity index (χ1) is 9.41. The molecule has 0 fully saturated rings. The van der Waals surface area contributed by atoms with E-state index in [-0.39, 0.29) is 0 Å². The number of benzene rings is 1. The minimum atomic E-state index is -0.930. The van der Waals surface area contributed by atoms with Gasteiger partial charge in [-0.3, -0.25) is 9.59 Å². The minimum Gasteiger partial charge on any atom is -0.481 e. The summed E-state index contributed by atoms with van der Waals surface area (Å²) in [5.74, 6) is -1.70. The van der Waals surface area contributed by atoms with Crippen LogP contribution in [0.1, 0.15) is 45.3 Å². The molecule has 1 aromatic rings. The highest BCUT2D eigenvalue weighted by Gasteiger charge is 2.31. The third-order valence-electron chi connectivity index (χ3n) is 3.16. The number of rotatable bonds is 7. The van der Waals surface area contributed by atoms with Gasteiger partial charge >= 0.3 is 11.9 Å². The molecule has 0 unspecified atom stereocenters. The molecule has 1 N–H and O–H groups in total. The molecule has 0 saturated heterocycles. The van der Waals surface area contributed by atoms with E-state index in [4.69, 9.17) is 4.74 Å². The van der Waals surface area contributed by atoms with Gasteiger partial charge in [0.1, 0.15) is 6.10 Å².